The lowest BCUT2D eigenvalue weighted by Gasteiger charge is -2.19. The number of ether oxygens (including phenoxy) is 1. The largest absolute Gasteiger partial charge is 0.497 e. The zero-order valence-electron chi connectivity index (χ0n) is 17.2. The number of benzene rings is 2. The van der Waals surface area contributed by atoms with Crippen LogP contribution in [0.3, 0.4) is 0 Å². The molecule has 10 heteroatoms. The highest BCUT2D eigenvalue weighted by atomic mass is 35.5. The molecule has 1 atom stereocenters. The number of carbonyl (C=O) groups excluding carboxylic acids is 2. The van der Waals surface area contributed by atoms with E-state index < -0.39 is 17.2 Å². The predicted molar refractivity (Wildman–Crippen MR) is 121 cm³/mol. The Labute approximate surface area is 189 Å². The van der Waals surface area contributed by atoms with Crippen molar-refractivity contribution in [3.8, 4) is 22.8 Å². The first-order chi connectivity index (χ1) is 14.8. The molecule has 1 heterocycles. The van der Waals surface area contributed by atoms with Gasteiger partial charge in [-0.2, -0.15) is 0 Å². The van der Waals surface area contributed by atoms with Crippen LogP contribution in [0.1, 0.15) is 13.8 Å². The van der Waals surface area contributed by atoms with Crippen LogP contribution in [0.5, 0.6) is 5.75 Å². The number of hydrogen-bond acceptors (Lipinski definition) is 6. The van der Waals surface area contributed by atoms with Crippen molar-refractivity contribution >= 4 is 35.3 Å². The second-order valence-electron chi connectivity index (χ2n) is 6.96. The summed E-state index contributed by atoms with van der Waals surface area (Å²) in [5, 5.41) is 11.2. The molecule has 3 aromatic rings. The summed E-state index contributed by atoms with van der Waals surface area (Å²) >= 11 is 7.61. The summed E-state index contributed by atoms with van der Waals surface area (Å²) in [5.74, 6) is 0.632. The van der Waals surface area contributed by atoms with Crippen LogP contribution in [-0.2, 0) is 4.79 Å². The minimum atomic E-state index is -0.898. The van der Waals surface area contributed by atoms with Gasteiger partial charge in [-0.05, 0) is 42.3 Å². The zero-order chi connectivity index (χ0) is 22.5. The number of urea groups is 1. The minimum absolute atomic E-state index is 0.103. The second kappa shape index (κ2) is 9.84. The monoisotopic (exact) mass is 459 g/mol. The third-order valence-corrected chi connectivity index (χ3v) is 6.24. The van der Waals surface area contributed by atoms with Gasteiger partial charge in [0, 0.05) is 11.3 Å². The Hall–Kier alpha value is -3.04. The number of thioether (sulfide) groups is 1. The van der Waals surface area contributed by atoms with E-state index in [0.717, 1.165) is 5.69 Å². The molecule has 0 fully saturated rings. The normalized spacial score (nSPS) is 11.9. The number of halogens is 1. The molecule has 1 aromatic heterocycles. The fourth-order valence-electron chi connectivity index (χ4n) is 2.93. The van der Waals surface area contributed by atoms with Crippen molar-refractivity contribution in [1.82, 2.24) is 20.1 Å². The molecule has 0 bridgehead atoms. The summed E-state index contributed by atoms with van der Waals surface area (Å²) in [6.45, 7) is 3.75. The van der Waals surface area contributed by atoms with Gasteiger partial charge in [0.1, 0.15) is 5.75 Å². The third kappa shape index (κ3) is 5.18. The van der Waals surface area contributed by atoms with Gasteiger partial charge >= 0.3 is 6.03 Å². The van der Waals surface area contributed by atoms with Crippen molar-refractivity contribution in [2.24, 2.45) is 11.7 Å². The van der Waals surface area contributed by atoms with Gasteiger partial charge in [-0.1, -0.05) is 49.3 Å². The van der Waals surface area contributed by atoms with Crippen molar-refractivity contribution < 1.29 is 14.3 Å². The molecule has 31 heavy (non-hydrogen) atoms. The van der Waals surface area contributed by atoms with Crippen LogP contribution in [0.25, 0.3) is 17.1 Å². The number of carbonyl (C=O) groups is 2. The lowest BCUT2D eigenvalue weighted by atomic mass is 10.1. The highest BCUT2D eigenvalue weighted by Gasteiger charge is 2.28. The van der Waals surface area contributed by atoms with E-state index in [1.54, 1.807) is 13.2 Å². The molecular weight excluding hydrogens is 438 g/mol. The number of rotatable bonds is 7. The average Bonchev–Trinajstić information content (AvgIpc) is 3.15. The van der Waals surface area contributed by atoms with Crippen LogP contribution in [0.2, 0.25) is 5.02 Å². The van der Waals surface area contributed by atoms with Crippen molar-refractivity contribution in [3.05, 3.63) is 53.6 Å². The lowest BCUT2D eigenvalue weighted by Crippen LogP contribution is -2.42. The summed E-state index contributed by atoms with van der Waals surface area (Å²) in [7, 11) is 1.59. The highest BCUT2D eigenvalue weighted by molar-refractivity contribution is 8.00. The first kappa shape index (κ1) is 22.6. The first-order valence-electron chi connectivity index (χ1n) is 9.43. The maximum absolute atomic E-state index is 12.5. The molecule has 0 spiro atoms. The SMILES string of the molecule is COc1ccc(-n2c(S[C@@H](C(=O)NC(N)=O)C(C)C)nnc2-c2ccccc2Cl)cc1. The quantitative estimate of drug-likeness (QED) is 0.518. The van der Waals surface area contributed by atoms with Crippen molar-refractivity contribution in [1.29, 1.82) is 0 Å². The van der Waals surface area contributed by atoms with Gasteiger partial charge in [0.25, 0.3) is 0 Å². The lowest BCUT2D eigenvalue weighted by molar-refractivity contribution is -0.120. The number of nitrogens with one attached hydrogen (secondary N) is 1. The molecule has 0 radical (unpaired) electrons. The highest BCUT2D eigenvalue weighted by Crippen LogP contribution is 2.35. The molecule has 3 amide bonds. The van der Waals surface area contributed by atoms with Crippen LogP contribution in [0.4, 0.5) is 4.79 Å². The maximum Gasteiger partial charge on any atom is 0.318 e. The Morgan fingerprint density at radius 1 is 1.13 bits per heavy atom. The van der Waals surface area contributed by atoms with E-state index in [9.17, 15) is 9.59 Å². The minimum Gasteiger partial charge on any atom is -0.497 e. The van der Waals surface area contributed by atoms with Gasteiger partial charge in [-0.25, -0.2) is 4.79 Å². The fourth-order valence-corrected chi connectivity index (χ4v) is 4.20. The van der Waals surface area contributed by atoms with Gasteiger partial charge in [-0.15, -0.1) is 10.2 Å². The van der Waals surface area contributed by atoms with Crippen molar-refractivity contribution in [2.45, 2.75) is 24.3 Å². The second-order valence-corrected chi connectivity index (χ2v) is 8.47. The number of hydrogen-bond donors (Lipinski definition) is 2. The Bertz CT molecular complexity index is 1080. The number of primary amides is 1. The smallest absolute Gasteiger partial charge is 0.318 e. The fraction of sp³-hybridized carbons (Fsp3) is 0.238. The number of aromatic nitrogens is 3. The van der Waals surface area contributed by atoms with Gasteiger partial charge in [0.2, 0.25) is 5.91 Å². The molecule has 0 aliphatic heterocycles. The van der Waals surface area contributed by atoms with Crippen LogP contribution in [-0.4, -0.2) is 39.1 Å². The van der Waals surface area contributed by atoms with Gasteiger partial charge in [-0.3, -0.25) is 14.7 Å². The number of nitrogens with two attached hydrogens (primary N) is 1. The van der Waals surface area contributed by atoms with Crippen molar-refractivity contribution in [3.63, 3.8) is 0 Å². The number of amides is 3. The van der Waals surface area contributed by atoms with E-state index in [0.29, 0.717) is 27.3 Å². The zero-order valence-corrected chi connectivity index (χ0v) is 18.8. The van der Waals surface area contributed by atoms with Gasteiger partial charge < -0.3 is 10.5 Å². The number of imide groups is 1. The Morgan fingerprint density at radius 3 is 2.39 bits per heavy atom. The standard InChI is InChI=1S/C21H22ClN5O3S/c1-12(2)17(19(28)24-20(23)29)31-21-26-25-18(15-6-4-5-7-16(15)22)27(21)13-8-10-14(30-3)11-9-13/h4-12,17H,1-3H3,(H3,23,24,28,29)/t17-/m1/s1. The Balaban J connectivity index is 2.10. The molecule has 3 N–H and O–H groups in total. The summed E-state index contributed by atoms with van der Waals surface area (Å²) in [4.78, 5) is 23.7. The summed E-state index contributed by atoms with van der Waals surface area (Å²) in [6.07, 6.45) is 0. The molecule has 0 aliphatic carbocycles. The van der Waals surface area contributed by atoms with Crippen molar-refractivity contribution in [2.75, 3.05) is 7.11 Å². The molecule has 2 aromatic carbocycles. The Kier molecular flexibility index (Phi) is 7.19. The van der Waals surface area contributed by atoms with Crippen LogP contribution in [0, 0.1) is 5.92 Å². The summed E-state index contributed by atoms with van der Waals surface area (Å²) in [5.41, 5.74) is 6.59. The summed E-state index contributed by atoms with van der Waals surface area (Å²) < 4.78 is 7.07. The van der Waals surface area contributed by atoms with Crippen LogP contribution in [0.15, 0.2) is 53.7 Å². The van der Waals surface area contributed by atoms with E-state index in [2.05, 4.69) is 15.5 Å². The summed E-state index contributed by atoms with van der Waals surface area (Å²) in [6, 6.07) is 13.8. The molecule has 162 valence electrons. The van der Waals surface area contributed by atoms with E-state index in [1.807, 2.05) is 60.9 Å². The molecule has 0 unspecified atom stereocenters. The molecule has 8 nitrogen and oxygen atoms in total. The first-order valence-corrected chi connectivity index (χ1v) is 10.7. The van der Waals surface area contributed by atoms with Gasteiger partial charge in [0.05, 0.1) is 17.4 Å². The topological polar surface area (TPSA) is 112 Å². The maximum atomic E-state index is 12.5. The van der Waals surface area contributed by atoms with E-state index in [1.165, 1.54) is 11.8 Å². The van der Waals surface area contributed by atoms with E-state index in [-0.39, 0.29) is 5.92 Å². The van der Waals surface area contributed by atoms with Gasteiger partial charge in [0.15, 0.2) is 11.0 Å². The van der Waals surface area contributed by atoms with Crippen LogP contribution >= 0.6 is 23.4 Å². The molecule has 0 saturated carbocycles. The number of methoxy groups -OCH3 is 1. The Morgan fingerprint density at radius 2 is 1.81 bits per heavy atom. The van der Waals surface area contributed by atoms with Crippen LogP contribution < -0.4 is 15.8 Å². The number of nitrogens with zero attached hydrogens (tertiary/aromatic N) is 3. The average molecular weight is 460 g/mol. The molecule has 0 saturated heterocycles. The molecule has 0 aliphatic rings. The molecule has 3 rings (SSSR count). The molecular formula is C21H22ClN5O3S. The predicted octanol–water partition coefficient (Wildman–Crippen LogP) is 3.91. The van der Waals surface area contributed by atoms with E-state index in [4.69, 9.17) is 22.1 Å². The third-order valence-electron chi connectivity index (χ3n) is 4.42. The van der Waals surface area contributed by atoms with E-state index >= 15 is 0 Å².